The van der Waals surface area contributed by atoms with Crippen LogP contribution < -0.4 is 5.32 Å². The van der Waals surface area contributed by atoms with Gasteiger partial charge in [-0.05, 0) is 43.7 Å². The number of ether oxygens (including phenoxy) is 1. The lowest BCUT2D eigenvalue weighted by molar-refractivity contribution is -0.144. The van der Waals surface area contributed by atoms with Gasteiger partial charge in [0.1, 0.15) is 0 Å². The number of nitrogens with zero attached hydrogens (tertiary/aromatic N) is 2. The van der Waals surface area contributed by atoms with Crippen molar-refractivity contribution in [1.82, 2.24) is 15.1 Å². The minimum atomic E-state index is -0.866. The second-order valence-corrected chi connectivity index (χ2v) is 7.57. The molecule has 1 unspecified atom stereocenters. The largest absolute Gasteiger partial charge is 0.481 e. The van der Waals surface area contributed by atoms with Crippen molar-refractivity contribution in [3.05, 3.63) is 47.8 Å². The molecule has 2 aromatic rings. The Bertz CT molecular complexity index is 839. The zero-order chi connectivity index (χ0) is 19.5. The third-order valence-electron chi connectivity index (χ3n) is 5.65. The molecule has 1 aliphatic carbocycles. The Morgan fingerprint density at radius 3 is 2.54 bits per heavy atom. The molecular weight excluding hydrogens is 358 g/mol. The lowest BCUT2D eigenvalue weighted by Crippen LogP contribution is -2.39. The van der Waals surface area contributed by atoms with Crippen molar-refractivity contribution in [3.8, 4) is 5.69 Å². The van der Waals surface area contributed by atoms with Crippen LogP contribution in [-0.4, -0.2) is 46.5 Å². The molecule has 2 N–H and O–H groups in total. The quantitative estimate of drug-likeness (QED) is 0.767. The molecule has 1 aromatic heterocycles. The summed E-state index contributed by atoms with van der Waals surface area (Å²) < 4.78 is 7.16. The summed E-state index contributed by atoms with van der Waals surface area (Å²) in [5.74, 6) is -1.35. The fourth-order valence-corrected chi connectivity index (χ4v) is 3.93. The first-order valence-corrected chi connectivity index (χ1v) is 9.87. The summed E-state index contributed by atoms with van der Waals surface area (Å²) >= 11 is 0. The van der Waals surface area contributed by atoms with Crippen LogP contribution in [0.4, 0.5) is 0 Å². The van der Waals surface area contributed by atoms with Crippen molar-refractivity contribution in [2.75, 3.05) is 19.8 Å². The molecule has 0 bridgehead atoms. The average Bonchev–Trinajstić information content (AvgIpc) is 3.47. The van der Waals surface area contributed by atoms with E-state index in [1.165, 1.54) is 0 Å². The number of carboxylic acids is 1. The minimum absolute atomic E-state index is 0.0292. The summed E-state index contributed by atoms with van der Waals surface area (Å²) in [5, 5.41) is 16.9. The highest BCUT2D eigenvalue weighted by molar-refractivity contribution is 5.95. The van der Waals surface area contributed by atoms with Crippen molar-refractivity contribution in [2.45, 2.75) is 31.6 Å². The first-order valence-electron chi connectivity index (χ1n) is 9.87. The Morgan fingerprint density at radius 2 is 1.89 bits per heavy atom. The number of aromatic nitrogens is 2. The molecule has 7 heteroatoms. The monoisotopic (exact) mass is 383 g/mol. The predicted octanol–water partition coefficient (Wildman–Crippen LogP) is 2.61. The van der Waals surface area contributed by atoms with Crippen LogP contribution in [0.15, 0.2) is 36.5 Å². The average molecular weight is 383 g/mol. The van der Waals surface area contributed by atoms with E-state index >= 15 is 0 Å². The van der Waals surface area contributed by atoms with E-state index in [1.807, 2.05) is 35.0 Å². The summed E-state index contributed by atoms with van der Waals surface area (Å²) in [4.78, 5) is 24.6. The predicted molar refractivity (Wildman–Crippen MR) is 103 cm³/mol. The summed E-state index contributed by atoms with van der Waals surface area (Å²) in [6, 6.07) is 9.76. The maximum atomic E-state index is 12.9. The summed E-state index contributed by atoms with van der Waals surface area (Å²) in [6.07, 6.45) is 5.11. The van der Waals surface area contributed by atoms with Gasteiger partial charge in [-0.15, -0.1) is 0 Å². The molecule has 1 saturated heterocycles. The number of rotatable bonds is 7. The number of nitrogens with one attached hydrogen (secondary N) is 1. The number of aliphatic carboxylic acids is 1. The van der Waals surface area contributed by atoms with Crippen LogP contribution in [0.25, 0.3) is 5.69 Å². The zero-order valence-corrected chi connectivity index (χ0v) is 15.7. The molecule has 0 radical (unpaired) electrons. The smallest absolute Gasteiger partial charge is 0.308 e. The third-order valence-corrected chi connectivity index (χ3v) is 5.65. The van der Waals surface area contributed by atoms with Gasteiger partial charge in [0.05, 0.1) is 29.1 Å². The van der Waals surface area contributed by atoms with Crippen molar-refractivity contribution in [2.24, 2.45) is 11.8 Å². The van der Waals surface area contributed by atoms with E-state index < -0.39 is 11.9 Å². The Morgan fingerprint density at radius 1 is 1.18 bits per heavy atom. The molecule has 0 spiro atoms. The Labute approximate surface area is 163 Å². The zero-order valence-electron chi connectivity index (χ0n) is 15.7. The normalized spacial score (nSPS) is 18.6. The maximum Gasteiger partial charge on any atom is 0.308 e. The SMILES string of the molecule is O=C(NCC(C(=O)O)C1CCOCC1)c1cnn(-c2ccccc2)c1C1CC1. The van der Waals surface area contributed by atoms with Crippen molar-refractivity contribution in [1.29, 1.82) is 0 Å². The third kappa shape index (κ3) is 3.94. The number of carbonyl (C=O) groups excluding carboxylic acids is 1. The molecule has 1 amide bonds. The van der Waals surface area contributed by atoms with E-state index in [0.29, 0.717) is 37.5 Å². The van der Waals surface area contributed by atoms with Gasteiger partial charge < -0.3 is 15.2 Å². The maximum absolute atomic E-state index is 12.9. The van der Waals surface area contributed by atoms with Crippen molar-refractivity contribution in [3.63, 3.8) is 0 Å². The number of benzene rings is 1. The first kappa shape index (κ1) is 18.7. The first-order chi connectivity index (χ1) is 13.6. The molecule has 2 aliphatic rings. The van der Waals surface area contributed by atoms with Crippen molar-refractivity contribution < 1.29 is 19.4 Å². The van der Waals surface area contributed by atoms with Crippen LogP contribution in [0.2, 0.25) is 0 Å². The van der Waals surface area contributed by atoms with Crippen molar-refractivity contribution >= 4 is 11.9 Å². The van der Waals surface area contributed by atoms with Crippen LogP contribution in [-0.2, 0) is 9.53 Å². The minimum Gasteiger partial charge on any atom is -0.481 e. The summed E-state index contributed by atoms with van der Waals surface area (Å²) in [7, 11) is 0. The second-order valence-electron chi connectivity index (χ2n) is 7.57. The fourth-order valence-electron chi connectivity index (χ4n) is 3.93. The summed E-state index contributed by atoms with van der Waals surface area (Å²) in [6.45, 7) is 1.29. The van der Waals surface area contributed by atoms with Gasteiger partial charge in [-0.1, -0.05) is 18.2 Å². The van der Waals surface area contributed by atoms with Crippen LogP contribution in [0.1, 0.15) is 47.7 Å². The second kappa shape index (κ2) is 8.14. The summed E-state index contributed by atoms with van der Waals surface area (Å²) in [5.41, 5.74) is 2.39. The topological polar surface area (TPSA) is 93.5 Å². The van der Waals surface area contributed by atoms with Gasteiger partial charge in [-0.2, -0.15) is 5.10 Å². The van der Waals surface area contributed by atoms with E-state index in [-0.39, 0.29) is 18.4 Å². The standard InChI is InChI=1S/C21H25N3O4/c25-20(22-12-17(21(26)27)14-8-10-28-11-9-14)18-13-23-24(19(18)15-6-7-15)16-4-2-1-3-5-16/h1-5,13-15,17H,6-12H2,(H,22,25)(H,26,27). The molecule has 7 nitrogen and oxygen atoms in total. The fraction of sp³-hybridized carbons (Fsp3) is 0.476. The van der Waals surface area contributed by atoms with Gasteiger partial charge >= 0.3 is 5.97 Å². The van der Waals surface area contributed by atoms with Gasteiger partial charge in [0.2, 0.25) is 0 Å². The van der Waals surface area contributed by atoms with E-state index in [2.05, 4.69) is 10.4 Å². The van der Waals surface area contributed by atoms with Gasteiger partial charge in [0.15, 0.2) is 0 Å². The Hall–Kier alpha value is -2.67. The molecule has 1 aromatic carbocycles. The molecule has 2 fully saturated rings. The Kier molecular flexibility index (Phi) is 5.43. The molecule has 28 heavy (non-hydrogen) atoms. The molecule has 148 valence electrons. The van der Waals surface area contributed by atoms with Gasteiger partial charge in [0.25, 0.3) is 5.91 Å². The molecule has 1 saturated carbocycles. The molecule has 1 atom stereocenters. The van der Waals surface area contributed by atoms with Crippen LogP contribution in [0, 0.1) is 11.8 Å². The highest BCUT2D eigenvalue weighted by atomic mass is 16.5. The van der Waals surface area contributed by atoms with Crippen LogP contribution in [0.3, 0.4) is 0 Å². The lowest BCUT2D eigenvalue weighted by Gasteiger charge is -2.27. The molecule has 2 heterocycles. The number of carboxylic acid groups (broad SMARTS) is 1. The van der Waals surface area contributed by atoms with E-state index in [4.69, 9.17) is 4.74 Å². The molecule has 1 aliphatic heterocycles. The van der Waals surface area contributed by atoms with E-state index in [9.17, 15) is 14.7 Å². The highest BCUT2D eigenvalue weighted by Crippen LogP contribution is 2.42. The van der Waals surface area contributed by atoms with Gasteiger partial charge in [0, 0.05) is 25.7 Å². The number of hydrogen-bond acceptors (Lipinski definition) is 4. The number of amides is 1. The number of carbonyl (C=O) groups is 2. The van der Waals surface area contributed by atoms with Crippen LogP contribution >= 0.6 is 0 Å². The lowest BCUT2D eigenvalue weighted by atomic mass is 9.86. The van der Waals surface area contributed by atoms with Gasteiger partial charge in [-0.3, -0.25) is 9.59 Å². The Balaban J connectivity index is 1.50. The number of hydrogen-bond donors (Lipinski definition) is 2. The van der Waals surface area contributed by atoms with E-state index in [0.717, 1.165) is 24.2 Å². The molecule has 4 rings (SSSR count). The highest BCUT2D eigenvalue weighted by Gasteiger charge is 2.34. The van der Waals surface area contributed by atoms with Crippen LogP contribution in [0.5, 0.6) is 0 Å². The number of para-hydroxylation sites is 1. The van der Waals surface area contributed by atoms with E-state index in [1.54, 1.807) is 6.20 Å². The van der Waals surface area contributed by atoms with Gasteiger partial charge in [-0.25, -0.2) is 4.68 Å². The molecular formula is C21H25N3O4.